The van der Waals surface area contributed by atoms with E-state index in [9.17, 15) is 4.79 Å². The average molecular weight is 525 g/mol. The van der Waals surface area contributed by atoms with Gasteiger partial charge in [-0.3, -0.25) is 0 Å². The third-order valence-corrected chi connectivity index (χ3v) is 7.09. The van der Waals surface area contributed by atoms with Gasteiger partial charge in [0.05, 0.1) is 18.0 Å². The highest BCUT2D eigenvalue weighted by Crippen LogP contribution is 2.28. The maximum atomic E-state index is 12.2. The molecule has 0 saturated carbocycles. The summed E-state index contributed by atoms with van der Waals surface area (Å²) in [7, 11) is 3.73. The molecule has 2 fully saturated rings. The van der Waals surface area contributed by atoms with Crippen LogP contribution in [0, 0.1) is 0 Å². The molecule has 9 nitrogen and oxygen atoms in total. The lowest BCUT2D eigenvalue weighted by Gasteiger charge is -2.36. The number of halogens is 1. The van der Waals surface area contributed by atoms with E-state index in [1.165, 1.54) is 33.0 Å². The lowest BCUT2D eigenvalue weighted by atomic mass is 10.1. The standard InChI is InChI=1S/C17H22ClN5O3.C7H15NS/c1-17(2,3)26-16(24)23-7-5-22(6-8-23)14-11-10-19-13(18)9-12(11)20-15(21-14)25-4;1-8-5-3-4-7(6-8)9-2/h9-10H,5-8H2,1-4H3;7H,3-6H2,1-2H3. The number of rotatable bonds is 3. The summed E-state index contributed by atoms with van der Waals surface area (Å²) < 4.78 is 10.6. The number of piperazine rings is 1. The number of hydrogen-bond donors (Lipinski definition) is 0. The van der Waals surface area contributed by atoms with Crippen LogP contribution in [0.2, 0.25) is 5.15 Å². The maximum absolute atomic E-state index is 12.2. The fourth-order valence-electron chi connectivity index (χ4n) is 4.03. The normalized spacial score (nSPS) is 19.2. The van der Waals surface area contributed by atoms with Crippen molar-refractivity contribution in [2.24, 2.45) is 0 Å². The largest absolute Gasteiger partial charge is 0.467 e. The Kier molecular flexibility index (Phi) is 9.66. The van der Waals surface area contributed by atoms with Crippen LogP contribution < -0.4 is 9.64 Å². The van der Waals surface area contributed by atoms with Crippen LogP contribution >= 0.6 is 23.4 Å². The van der Waals surface area contributed by atoms with Gasteiger partial charge in [0.25, 0.3) is 0 Å². The molecular formula is C24H37ClN6O3S. The molecule has 2 saturated heterocycles. The minimum atomic E-state index is -0.505. The number of anilines is 1. The fraction of sp³-hybridized carbons (Fsp3) is 0.667. The van der Waals surface area contributed by atoms with E-state index in [1.807, 2.05) is 32.5 Å². The number of piperidine rings is 1. The molecular weight excluding hydrogens is 488 g/mol. The van der Waals surface area contributed by atoms with Crippen LogP contribution in [0.1, 0.15) is 33.6 Å². The molecule has 2 aromatic heterocycles. The van der Waals surface area contributed by atoms with E-state index in [1.54, 1.807) is 17.2 Å². The van der Waals surface area contributed by atoms with Gasteiger partial charge in [-0.25, -0.2) is 9.78 Å². The van der Waals surface area contributed by atoms with Gasteiger partial charge in [-0.1, -0.05) is 11.6 Å². The Labute approximate surface area is 217 Å². The number of methoxy groups -OCH3 is 1. The Morgan fingerprint density at radius 2 is 1.89 bits per heavy atom. The van der Waals surface area contributed by atoms with Crippen molar-refractivity contribution in [3.8, 4) is 6.01 Å². The zero-order valence-electron chi connectivity index (χ0n) is 21.6. The highest BCUT2D eigenvalue weighted by atomic mass is 35.5. The van der Waals surface area contributed by atoms with E-state index in [2.05, 4.69) is 38.1 Å². The number of fused-ring (bicyclic) bond motifs is 1. The molecule has 35 heavy (non-hydrogen) atoms. The summed E-state index contributed by atoms with van der Waals surface area (Å²) in [4.78, 5) is 31.4. The quantitative estimate of drug-likeness (QED) is 0.549. The van der Waals surface area contributed by atoms with Crippen LogP contribution in [0.4, 0.5) is 10.6 Å². The van der Waals surface area contributed by atoms with Gasteiger partial charge < -0.3 is 24.2 Å². The predicted molar refractivity (Wildman–Crippen MR) is 143 cm³/mol. The van der Waals surface area contributed by atoms with Crippen LogP contribution in [-0.4, -0.2) is 101 Å². The molecule has 1 atom stereocenters. The molecule has 4 rings (SSSR count). The number of likely N-dealkylation sites (tertiary alicyclic amines) is 1. The smallest absolute Gasteiger partial charge is 0.410 e. The summed E-state index contributed by atoms with van der Waals surface area (Å²) in [5, 5.41) is 2.06. The molecule has 0 radical (unpaired) electrons. The lowest BCUT2D eigenvalue weighted by molar-refractivity contribution is 0.0240. The Morgan fingerprint density at radius 1 is 1.17 bits per heavy atom. The van der Waals surface area contributed by atoms with Gasteiger partial charge in [0.15, 0.2) is 0 Å². The molecule has 1 unspecified atom stereocenters. The van der Waals surface area contributed by atoms with Crippen molar-refractivity contribution in [2.75, 3.05) is 64.6 Å². The van der Waals surface area contributed by atoms with Gasteiger partial charge in [0.2, 0.25) is 0 Å². The second-order valence-corrected chi connectivity index (χ2v) is 11.3. The van der Waals surface area contributed by atoms with E-state index < -0.39 is 5.60 Å². The third kappa shape index (κ3) is 7.98. The van der Waals surface area contributed by atoms with Crippen LogP contribution in [0.5, 0.6) is 6.01 Å². The number of ether oxygens (including phenoxy) is 2. The summed E-state index contributed by atoms with van der Waals surface area (Å²) in [5.41, 5.74) is 0.163. The van der Waals surface area contributed by atoms with E-state index >= 15 is 0 Å². The number of hydrogen-bond acceptors (Lipinski definition) is 9. The summed E-state index contributed by atoms with van der Waals surface area (Å²) in [5.74, 6) is 0.722. The van der Waals surface area contributed by atoms with Crippen molar-refractivity contribution >= 4 is 46.2 Å². The predicted octanol–water partition coefficient (Wildman–Crippen LogP) is 4.19. The van der Waals surface area contributed by atoms with Gasteiger partial charge in [-0.05, 0) is 53.5 Å². The molecule has 2 aliphatic rings. The minimum absolute atomic E-state index is 0.268. The molecule has 0 N–H and O–H groups in total. The number of aromatic nitrogens is 3. The van der Waals surface area contributed by atoms with Crippen LogP contribution in [-0.2, 0) is 4.74 Å². The van der Waals surface area contributed by atoms with Gasteiger partial charge in [-0.2, -0.15) is 21.7 Å². The Balaban J connectivity index is 0.000000320. The van der Waals surface area contributed by atoms with Crippen molar-refractivity contribution in [2.45, 2.75) is 44.5 Å². The van der Waals surface area contributed by atoms with Crippen molar-refractivity contribution < 1.29 is 14.3 Å². The van der Waals surface area contributed by atoms with Gasteiger partial charge in [-0.15, -0.1) is 0 Å². The van der Waals surface area contributed by atoms with Gasteiger partial charge >= 0.3 is 12.1 Å². The first-order valence-electron chi connectivity index (χ1n) is 11.9. The van der Waals surface area contributed by atoms with Crippen LogP contribution in [0.3, 0.4) is 0 Å². The molecule has 0 spiro atoms. The molecule has 0 aliphatic carbocycles. The second kappa shape index (κ2) is 12.3. The van der Waals surface area contributed by atoms with Crippen molar-refractivity contribution in [1.82, 2.24) is 24.8 Å². The zero-order valence-corrected chi connectivity index (χ0v) is 23.2. The highest BCUT2D eigenvalue weighted by molar-refractivity contribution is 7.99. The molecule has 4 heterocycles. The topological polar surface area (TPSA) is 83.9 Å². The first-order valence-corrected chi connectivity index (χ1v) is 13.6. The highest BCUT2D eigenvalue weighted by Gasteiger charge is 2.27. The first-order chi connectivity index (χ1) is 16.6. The monoisotopic (exact) mass is 524 g/mol. The lowest BCUT2D eigenvalue weighted by Crippen LogP contribution is -2.50. The number of carbonyl (C=O) groups excluding carboxylic acids is 1. The number of thioether (sulfide) groups is 1. The molecule has 0 aromatic carbocycles. The van der Waals surface area contributed by atoms with E-state index in [0.717, 1.165) is 16.5 Å². The summed E-state index contributed by atoms with van der Waals surface area (Å²) >= 11 is 7.98. The number of carbonyl (C=O) groups is 1. The van der Waals surface area contributed by atoms with Crippen molar-refractivity contribution in [3.63, 3.8) is 0 Å². The van der Waals surface area contributed by atoms with Crippen molar-refractivity contribution in [1.29, 1.82) is 0 Å². The molecule has 2 aromatic rings. The van der Waals surface area contributed by atoms with Crippen LogP contribution in [0.25, 0.3) is 10.9 Å². The van der Waals surface area contributed by atoms with Crippen LogP contribution in [0.15, 0.2) is 12.3 Å². The van der Waals surface area contributed by atoms with Gasteiger partial charge in [0, 0.05) is 50.2 Å². The SMILES string of the molecule is COc1nc(N2CCN(C(=O)OC(C)(C)C)CC2)c2cnc(Cl)cc2n1.CSC1CCCN(C)C1. The molecule has 0 bridgehead atoms. The summed E-state index contributed by atoms with van der Waals surface area (Å²) in [6.45, 7) is 10.5. The third-order valence-electron chi connectivity index (χ3n) is 5.84. The van der Waals surface area contributed by atoms with E-state index in [4.69, 9.17) is 21.1 Å². The summed E-state index contributed by atoms with van der Waals surface area (Å²) in [6.07, 6.45) is 6.39. The zero-order chi connectivity index (χ0) is 25.6. The Morgan fingerprint density at radius 3 is 2.46 bits per heavy atom. The molecule has 2 aliphatic heterocycles. The van der Waals surface area contributed by atoms with Crippen molar-refractivity contribution in [3.05, 3.63) is 17.4 Å². The number of amides is 1. The number of pyridine rings is 1. The van der Waals surface area contributed by atoms with E-state index in [-0.39, 0.29) is 12.1 Å². The second-order valence-electron chi connectivity index (χ2n) is 9.77. The maximum Gasteiger partial charge on any atom is 0.410 e. The number of nitrogens with zero attached hydrogens (tertiary/aromatic N) is 6. The van der Waals surface area contributed by atoms with Gasteiger partial charge in [0.1, 0.15) is 16.6 Å². The molecule has 194 valence electrons. The first kappa shape index (κ1) is 27.5. The van der Waals surface area contributed by atoms with E-state index in [0.29, 0.717) is 36.8 Å². The minimum Gasteiger partial charge on any atom is -0.467 e. The fourth-order valence-corrected chi connectivity index (χ4v) is 4.99. The molecule has 11 heteroatoms. The summed E-state index contributed by atoms with van der Waals surface area (Å²) in [6, 6.07) is 1.95. The Bertz CT molecular complexity index is 997. The average Bonchev–Trinajstić information content (AvgIpc) is 2.82. The molecule has 1 amide bonds. The Hall–Kier alpha value is -2.04.